The summed E-state index contributed by atoms with van der Waals surface area (Å²) in [4.78, 5) is 77.4. The van der Waals surface area contributed by atoms with E-state index in [9.17, 15) is 37.2 Å². The zero-order valence-electron chi connectivity index (χ0n) is 30.5. The van der Waals surface area contributed by atoms with Gasteiger partial charge < -0.3 is 20.7 Å². The first kappa shape index (κ1) is 37.7. The lowest BCUT2D eigenvalue weighted by atomic mass is 9.99. The standard InChI is InChI=1S/C37H42N8O9S/c1-20(2)45-28(19-30(42-45)55(52,53)43-37(51)41-32-23-8-3-6-21(23)18-22-7-4-9-24(22)32)33(47)39-15-17-54-16-14-38-26-11-5-10-25-31(26)36(50)44(35(25)49)27-12-13-29(46)40-34(27)48/h5,10-11,18-20,27,38H,3-4,6-9,12-17H2,1-2H3,(H,39,47)(H,40,46,48)(H2,41,43,51). The van der Waals surface area contributed by atoms with E-state index in [2.05, 4.69) is 37.2 Å². The molecular formula is C37H42N8O9S. The van der Waals surface area contributed by atoms with Crippen molar-refractivity contribution in [3.05, 3.63) is 69.4 Å². The van der Waals surface area contributed by atoms with Gasteiger partial charge in [0.2, 0.25) is 11.8 Å². The van der Waals surface area contributed by atoms with Gasteiger partial charge in [0, 0.05) is 43.0 Å². The van der Waals surface area contributed by atoms with E-state index in [1.54, 1.807) is 26.0 Å². The first-order valence-electron chi connectivity index (χ1n) is 18.4. The first-order valence-corrected chi connectivity index (χ1v) is 19.9. The fraction of sp³-hybridized carbons (Fsp3) is 0.432. The Labute approximate surface area is 317 Å². The third-order valence-corrected chi connectivity index (χ3v) is 11.4. The Morgan fingerprint density at radius 2 is 1.65 bits per heavy atom. The predicted molar refractivity (Wildman–Crippen MR) is 197 cm³/mol. The number of piperidine rings is 1. The molecule has 290 valence electrons. The molecule has 3 heterocycles. The van der Waals surface area contributed by atoms with Gasteiger partial charge in [0.1, 0.15) is 11.7 Å². The van der Waals surface area contributed by atoms with Crippen molar-refractivity contribution in [2.24, 2.45) is 0 Å². The Kier molecular flexibility index (Phi) is 10.5. The fourth-order valence-electron chi connectivity index (χ4n) is 7.70. The number of carbonyl (C=O) groups is 6. The van der Waals surface area contributed by atoms with E-state index in [4.69, 9.17) is 4.74 Å². The van der Waals surface area contributed by atoms with Gasteiger partial charge in [-0.15, -0.1) is 0 Å². The molecule has 4 aliphatic rings. The van der Waals surface area contributed by atoms with Crippen LogP contribution >= 0.6 is 0 Å². The van der Waals surface area contributed by atoms with Gasteiger partial charge in [-0.1, -0.05) is 12.1 Å². The van der Waals surface area contributed by atoms with Crippen LogP contribution in [0.2, 0.25) is 0 Å². The zero-order valence-corrected chi connectivity index (χ0v) is 31.3. The number of ether oxygens (including phenoxy) is 1. The smallest absolute Gasteiger partial charge is 0.333 e. The molecule has 0 saturated carbocycles. The maximum Gasteiger partial charge on any atom is 0.333 e. The second-order valence-electron chi connectivity index (χ2n) is 14.2. The van der Waals surface area contributed by atoms with Crippen molar-refractivity contribution < 1.29 is 41.9 Å². The predicted octanol–water partition coefficient (Wildman–Crippen LogP) is 2.21. The fourth-order valence-corrected chi connectivity index (χ4v) is 8.56. The Morgan fingerprint density at radius 3 is 2.35 bits per heavy atom. The molecule has 1 unspecified atom stereocenters. The minimum atomic E-state index is -4.44. The number of benzene rings is 2. The number of sulfonamides is 1. The van der Waals surface area contributed by atoms with Crippen LogP contribution in [-0.2, 0) is 50.0 Å². The van der Waals surface area contributed by atoms with Crippen LogP contribution in [0.25, 0.3) is 0 Å². The molecule has 0 spiro atoms. The molecule has 1 fully saturated rings. The van der Waals surface area contributed by atoms with Crippen LogP contribution < -0.4 is 26.0 Å². The van der Waals surface area contributed by atoms with E-state index in [1.807, 2.05) is 0 Å². The molecule has 2 aliphatic carbocycles. The van der Waals surface area contributed by atoms with Gasteiger partial charge in [0.25, 0.3) is 27.7 Å². The van der Waals surface area contributed by atoms with Gasteiger partial charge in [-0.05, 0) is 93.2 Å². The number of urea groups is 1. The average Bonchev–Trinajstić information content (AvgIpc) is 3.95. The minimum Gasteiger partial charge on any atom is -0.382 e. The normalized spacial score (nSPS) is 17.6. The molecule has 1 saturated heterocycles. The largest absolute Gasteiger partial charge is 0.382 e. The second kappa shape index (κ2) is 15.3. The Bertz CT molecular complexity index is 2200. The third kappa shape index (κ3) is 7.43. The number of fused-ring (bicyclic) bond motifs is 3. The van der Waals surface area contributed by atoms with Crippen LogP contribution in [0.15, 0.2) is 35.4 Å². The second-order valence-corrected chi connectivity index (χ2v) is 15.8. The number of imide groups is 2. The zero-order chi connectivity index (χ0) is 39.0. The number of hydrogen-bond donors (Lipinski definition) is 5. The minimum absolute atomic E-state index is 0.0142. The van der Waals surface area contributed by atoms with Crippen LogP contribution in [0, 0.1) is 0 Å². The summed E-state index contributed by atoms with van der Waals surface area (Å²) in [5.41, 5.74) is 5.86. The van der Waals surface area contributed by atoms with Gasteiger partial charge >= 0.3 is 6.03 Å². The van der Waals surface area contributed by atoms with E-state index in [1.165, 1.54) is 21.9 Å². The Morgan fingerprint density at radius 1 is 0.945 bits per heavy atom. The number of nitrogens with zero attached hydrogens (tertiary/aromatic N) is 3. The van der Waals surface area contributed by atoms with Crippen molar-refractivity contribution in [3.8, 4) is 0 Å². The summed E-state index contributed by atoms with van der Waals surface area (Å²) in [5, 5.41) is 14.4. The van der Waals surface area contributed by atoms with Crippen LogP contribution in [-0.4, -0.2) is 91.0 Å². The summed E-state index contributed by atoms with van der Waals surface area (Å²) in [6, 6.07) is 5.74. The number of rotatable bonds is 13. The van der Waals surface area contributed by atoms with Crippen LogP contribution in [0.1, 0.15) is 99.0 Å². The van der Waals surface area contributed by atoms with E-state index >= 15 is 0 Å². The van der Waals surface area contributed by atoms with Gasteiger partial charge in [-0.2, -0.15) is 13.5 Å². The van der Waals surface area contributed by atoms with Crippen molar-refractivity contribution in [2.75, 3.05) is 36.9 Å². The molecule has 0 radical (unpaired) electrons. The van der Waals surface area contributed by atoms with Crippen LogP contribution in [0.3, 0.4) is 0 Å². The van der Waals surface area contributed by atoms with E-state index in [0.29, 0.717) is 11.4 Å². The summed E-state index contributed by atoms with van der Waals surface area (Å²) in [6.07, 6.45) is 5.52. The summed E-state index contributed by atoms with van der Waals surface area (Å²) < 4.78 is 35.6. The summed E-state index contributed by atoms with van der Waals surface area (Å²) in [5.74, 6) is -2.97. The average molecular weight is 775 g/mol. The van der Waals surface area contributed by atoms with Gasteiger partial charge in [0.15, 0.2) is 5.03 Å². The van der Waals surface area contributed by atoms with E-state index in [-0.39, 0.29) is 62.0 Å². The molecule has 2 aromatic carbocycles. The van der Waals surface area contributed by atoms with Gasteiger partial charge in [-0.25, -0.2) is 9.52 Å². The SMILES string of the molecule is CC(C)n1nc(S(=O)(=O)NC(=O)Nc2c3c(cc4c2CCC4)CCC3)cc1C(=O)NCCOCCNc1cccc2c1C(=O)N(C1CCC(=O)NC1=O)C2=O. The number of amides is 7. The highest BCUT2D eigenvalue weighted by Gasteiger charge is 2.45. The molecule has 18 heteroatoms. The van der Waals surface area contributed by atoms with Crippen molar-refractivity contribution in [1.82, 2.24) is 30.0 Å². The maximum atomic E-state index is 13.3. The highest BCUT2D eigenvalue weighted by Crippen LogP contribution is 2.39. The molecule has 1 atom stereocenters. The maximum absolute atomic E-state index is 13.3. The Hall–Kier alpha value is -5.62. The summed E-state index contributed by atoms with van der Waals surface area (Å²) in [7, 11) is -4.44. The topological polar surface area (TPSA) is 227 Å². The number of aryl methyl sites for hydroxylation is 2. The molecule has 0 bridgehead atoms. The molecular weight excluding hydrogens is 733 g/mol. The van der Waals surface area contributed by atoms with Crippen molar-refractivity contribution >= 4 is 57.0 Å². The van der Waals surface area contributed by atoms with E-state index in [0.717, 1.165) is 60.6 Å². The molecule has 5 N–H and O–H groups in total. The number of hydrogen-bond acceptors (Lipinski definition) is 11. The molecule has 2 aliphatic heterocycles. The molecule has 7 rings (SSSR count). The number of carbonyl (C=O) groups excluding carboxylic acids is 6. The van der Waals surface area contributed by atoms with Crippen molar-refractivity contribution in [3.63, 3.8) is 0 Å². The van der Waals surface area contributed by atoms with Gasteiger partial charge in [0.05, 0.1) is 24.3 Å². The highest BCUT2D eigenvalue weighted by molar-refractivity contribution is 7.90. The van der Waals surface area contributed by atoms with Crippen LogP contribution in [0.4, 0.5) is 16.2 Å². The van der Waals surface area contributed by atoms with Crippen molar-refractivity contribution in [2.45, 2.75) is 82.3 Å². The van der Waals surface area contributed by atoms with E-state index < -0.39 is 56.7 Å². The summed E-state index contributed by atoms with van der Waals surface area (Å²) in [6.45, 7) is 4.05. The Balaban J connectivity index is 0.904. The van der Waals surface area contributed by atoms with Crippen molar-refractivity contribution in [1.29, 1.82) is 0 Å². The lowest BCUT2D eigenvalue weighted by Gasteiger charge is -2.27. The molecule has 7 amide bonds. The lowest BCUT2D eigenvalue weighted by Crippen LogP contribution is -2.54. The first-order chi connectivity index (χ1) is 26.3. The molecule has 1 aromatic heterocycles. The lowest BCUT2D eigenvalue weighted by molar-refractivity contribution is -0.136. The number of aromatic nitrogens is 2. The monoisotopic (exact) mass is 774 g/mol. The number of anilines is 2. The third-order valence-electron chi connectivity index (χ3n) is 10.2. The molecule has 3 aromatic rings. The quantitative estimate of drug-likeness (QED) is 0.125. The summed E-state index contributed by atoms with van der Waals surface area (Å²) >= 11 is 0. The molecule has 55 heavy (non-hydrogen) atoms. The molecule has 17 nitrogen and oxygen atoms in total. The van der Waals surface area contributed by atoms with Crippen LogP contribution in [0.5, 0.6) is 0 Å². The highest BCUT2D eigenvalue weighted by atomic mass is 32.2. The van der Waals surface area contributed by atoms with Gasteiger partial charge in [-0.3, -0.25) is 38.9 Å². The number of nitrogens with one attached hydrogen (secondary N) is 5.